The molecule has 3 aromatic carbocycles. The molecule has 0 fully saturated rings. The Kier molecular flexibility index (Phi) is 5.29. The largest absolute Gasteiger partial charge is 0.362 e. The molecule has 130 valence electrons. The fourth-order valence-electron chi connectivity index (χ4n) is 2.38. The first-order valence-corrected chi connectivity index (χ1v) is 9.48. The highest BCUT2D eigenvalue weighted by Crippen LogP contribution is 2.22. The van der Waals surface area contributed by atoms with E-state index in [1.165, 1.54) is 24.4 Å². The number of anilines is 1. The third-order valence-electron chi connectivity index (χ3n) is 3.76. The normalized spacial score (nSPS) is 11.4. The van der Waals surface area contributed by atoms with Crippen LogP contribution in [0.3, 0.4) is 0 Å². The van der Waals surface area contributed by atoms with Gasteiger partial charge in [-0.25, -0.2) is 8.42 Å². The van der Waals surface area contributed by atoms with Crippen LogP contribution in [-0.4, -0.2) is 14.2 Å². The second-order valence-corrected chi connectivity index (χ2v) is 7.50. The summed E-state index contributed by atoms with van der Waals surface area (Å²) in [6, 6.07) is 23.6. The van der Waals surface area contributed by atoms with Crippen molar-refractivity contribution in [3.05, 3.63) is 103 Å². The minimum atomic E-state index is -3.53. The molecule has 0 amide bonds. The van der Waals surface area contributed by atoms with Gasteiger partial charge in [-0.05, 0) is 36.4 Å². The van der Waals surface area contributed by atoms with Gasteiger partial charge in [0.25, 0.3) is 0 Å². The van der Waals surface area contributed by atoms with Crippen LogP contribution in [0.15, 0.2) is 107 Å². The van der Waals surface area contributed by atoms with E-state index in [0.717, 1.165) is 0 Å². The van der Waals surface area contributed by atoms with Crippen molar-refractivity contribution in [1.82, 2.24) is 0 Å². The first-order valence-electron chi connectivity index (χ1n) is 8.00. The minimum absolute atomic E-state index is 0.110. The average Bonchev–Trinajstić information content (AvgIpc) is 2.69. The zero-order valence-electron chi connectivity index (χ0n) is 13.9. The van der Waals surface area contributed by atoms with E-state index in [9.17, 15) is 13.2 Å². The number of benzene rings is 3. The summed E-state index contributed by atoms with van der Waals surface area (Å²) >= 11 is 0. The van der Waals surface area contributed by atoms with Gasteiger partial charge in [0.15, 0.2) is 5.78 Å². The molecule has 0 saturated carbocycles. The van der Waals surface area contributed by atoms with Crippen LogP contribution < -0.4 is 5.32 Å². The highest BCUT2D eigenvalue weighted by molar-refractivity contribution is 7.91. The highest BCUT2D eigenvalue weighted by atomic mass is 32.2. The Morgan fingerprint density at radius 2 is 1.27 bits per heavy atom. The Hall–Kier alpha value is -3.18. The van der Waals surface area contributed by atoms with Crippen LogP contribution in [0, 0.1) is 0 Å². The highest BCUT2D eigenvalue weighted by Gasteiger charge is 2.16. The quantitative estimate of drug-likeness (QED) is 0.523. The third-order valence-corrected chi connectivity index (χ3v) is 5.55. The molecule has 0 aliphatic rings. The number of sulfone groups is 1. The van der Waals surface area contributed by atoms with Gasteiger partial charge in [-0.15, -0.1) is 0 Å². The summed E-state index contributed by atoms with van der Waals surface area (Å²) in [7, 11) is -3.53. The van der Waals surface area contributed by atoms with E-state index >= 15 is 0 Å². The Bertz CT molecular complexity index is 1010. The van der Waals surface area contributed by atoms with Gasteiger partial charge in [-0.1, -0.05) is 48.5 Å². The van der Waals surface area contributed by atoms with E-state index in [2.05, 4.69) is 5.32 Å². The third kappa shape index (κ3) is 4.07. The number of nitrogens with one attached hydrogen (secondary N) is 1. The lowest BCUT2D eigenvalue weighted by atomic mass is 10.1. The molecular formula is C21H17NO3S. The Morgan fingerprint density at radius 1 is 0.731 bits per heavy atom. The monoisotopic (exact) mass is 363 g/mol. The summed E-state index contributed by atoms with van der Waals surface area (Å²) in [6.07, 6.45) is 2.97. The smallest absolute Gasteiger partial charge is 0.206 e. The number of ketones is 1. The molecule has 1 N–H and O–H groups in total. The van der Waals surface area contributed by atoms with Crippen molar-refractivity contribution >= 4 is 21.3 Å². The summed E-state index contributed by atoms with van der Waals surface area (Å²) in [5, 5.41) is 2.97. The van der Waals surface area contributed by atoms with Crippen LogP contribution in [0.25, 0.3) is 0 Å². The predicted molar refractivity (Wildman–Crippen MR) is 102 cm³/mol. The zero-order chi connectivity index (χ0) is 18.4. The second-order valence-electron chi connectivity index (χ2n) is 5.55. The molecule has 0 spiro atoms. The first-order chi connectivity index (χ1) is 12.6. The lowest BCUT2D eigenvalue weighted by Gasteiger charge is -2.06. The fourth-order valence-corrected chi connectivity index (χ4v) is 3.66. The fraction of sp³-hybridized carbons (Fsp3) is 0. The molecule has 3 aromatic rings. The zero-order valence-corrected chi connectivity index (χ0v) is 14.7. The van der Waals surface area contributed by atoms with Gasteiger partial charge in [0, 0.05) is 23.5 Å². The van der Waals surface area contributed by atoms with Crippen LogP contribution in [0.1, 0.15) is 10.4 Å². The summed E-state index contributed by atoms with van der Waals surface area (Å²) < 4.78 is 25.1. The summed E-state index contributed by atoms with van der Waals surface area (Å²) in [6.45, 7) is 0. The molecule has 0 aromatic heterocycles. The maximum absolute atomic E-state index is 12.5. The number of carbonyl (C=O) groups excluding carboxylic acids is 1. The average molecular weight is 363 g/mol. The maximum atomic E-state index is 12.5. The van der Waals surface area contributed by atoms with E-state index in [0.29, 0.717) is 11.3 Å². The Morgan fingerprint density at radius 3 is 1.88 bits per heavy atom. The van der Waals surface area contributed by atoms with Gasteiger partial charge in [0.1, 0.15) is 0 Å². The molecule has 0 aliphatic heterocycles. The van der Waals surface area contributed by atoms with Gasteiger partial charge in [-0.3, -0.25) is 4.79 Å². The van der Waals surface area contributed by atoms with Gasteiger partial charge in [-0.2, -0.15) is 0 Å². The molecule has 0 aliphatic carbocycles. The van der Waals surface area contributed by atoms with Crippen LogP contribution in [0.5, 0.6) is 0 Å². The Labute approximate surface area is 152 Å². The summed E-state index contributed by atoms with van der Waals surface area (Å²) in [5.74, 6) is -0.110. The molecule has 5 heteroatoms. The second kappa shape index (κ2) is 7.80. The van der Waals surface area contributed by atoms with E-state index in [-0.39, 0.29) is 15.6 Å². The number of hydrogen-bond donors (Lipinski definition) is 1. The van der Waals surface area contributed by atoms with Crippen LogP contribution in [0.4, 0.5) is 5.69 Å². The molecule has 26 heavy (non-hydrogen) atoms. The van der Waals surface area contributed by atoms with Crippen molar-refractivity contribution in [2.24, 2.45) is 0 Å². The van der Waals surface area contributed by atoms with E-state index < -0.39 is 9.84 Å². The van der Waals surface area contributed by atoms with Gasteiger partial charge < -0.3 is 5.32 Å². The SMILES string of the molecule is O=C(C=CNc1ccc(S(=O)(=O)c2ccccc2)cc1)c1ccccc1. The maximum Gasteiger partial charge on any atom is 0.206 e. The molecule has 4 nitrogen and oxygen atoms in total. The van der Waals surface area contributed by atoms with Crippen molar-refractivity contribution in [2.75, 3.05) is 5.32 Å². The summed E-state index contributed by atoms with van der Waals surface area (Å²) in [5.41, 5.74) is 1.30. The van der Waals surface area contributed by atoms with Gasteiger partial charge >= 0.3 is 0 Å². The van der Waals surface area contributed by atoms with Crippen LogP contribution >= 0.6 is 0 Å². The lowest BCUT2D eigenvalue weighted by Crippen LogP contribution is -2.01. The van der Waals surface area contributed by atoms with E-state index in [1.807, 2.05) is 6.07 Å². The number of hydrogen-bond acceptors (Lipinski definition) is 4. The molecule has 0 bridgehead atoms. The molecule has 0 heterocycles. The lowest BCUT2D eigenvalue weighted by molar-refractivity contribution is 0.104. The number of rotatable bonds is 6. The van der Waals surface area contributed by atoms with Gasteiger partial charge in [0.2, 0.25) is 9.84 Å². The molecule has 0 radical (unpaired) electrons. The topological polar surface area (TPSA) is 63.2 Å². The Balaban J connectivity index is 1.69. The molecule has 0 unspecified atom stereocenters. The van der Waals surface area contributed by atoms with Crippen molar-refractivity contribution in [2.45, 2.75) is 9.79 Å². The van der Waals surface area contributed by atoms with Crippen molar-refractivity contribution in [3.8, 4) is 0 Å². The predicted octanol–water partition coefficient (Wildman–Crippen LogP) is 4.33. The minimum Gasteiger partial charge on any atom is -0.362 e. The standard InChI is InChI=1S/C21H17NO3S/c23-21(17-7-3-1-4-8-17)15-16-22-18-11-13-20(14-12-18)26(24,25)19-9-5-2-6-10-19/h1-16,22H. The van der Waals surface area contributed by atoms with Crippen LogP contribution in [-0.2, 0) is 9.84 Å². The first kappa shape index (κ1) is 17.6. The van der Waals surface area contributed by atoms with E-state index in [4.69, 9.17) is 0 Å². The van der Waals surface area contributed by atoms with E-state index in [1.54, 1.807) is 66.7 Å². The van der Waals surface area contributed by atoms with Gasteiger partial charge in [0.05, 0.1) is 9.79 Å². The molecule has 0 atom stereocenters. The molecule has 3 rings (SSSR count). The van der Waals surface area contributed by atoms with Crippen molar-refractivity contribution < 1.29 is 13.2 Å². The number of carbonyl (C=O) groups is 1. The van der Waals surface area contributed by atoms with Crippen molar-refractivity contribution in [3.63, 3.8) is 0 Å². The van der Waals surface area contributed by atoms with Crippen LogP contribution in [0.2, 0.25) is 0 Å². The molecular weight excluding hydrogens is 346 g/mol. The summed E-state index contributed by atoms with van der Waals surface area (Å²) in [4.78, 5) is 12.5. The van der Waals surface area contributed by atoms with Crippen molar-refractivity contribution in [1.29, 1.82) is 0 Å². The number of allylic oxidation sites excluding steroid dienone is 1. The molecule has 0 saturated heterocycles.